The first-order valence-corrected chi connectivity index (χ1v) is 7.82. The summed E-state index contributed by atoms with van der Waals surface area (Å²) in [4.78, 5) is 11.9. The summed E-state index contributed by atoms with van der Waals surface area (Å²) in [6.07, 6.45) is 5.46. The zero-order valence-corrected chi connectivity index (χ0v) is 13.0. The summed E-state index contributed by atoms with van der Waals surface area (Å²) in [5.41, 5.74) is 8.20. The van der Waals surface area contributed by atoms with E-state index in [0.29, 0.717) is 24.8 Å². The fourth-order valence-electron chi connectivity index (χ4n) is 2.75. The SMILES string of the molecule is Cc1cc(N)ccc1NC(=O)CCOC1CCC(C)CC1. The van der Waals surface area contributed by atoms with Gasteiger partial charge in [-0.05, 0) is 62.3 Å². The van der Waals surface area contributed by atoms with Crippen molar-refractivity contribution in [2.75, 3.05) is 17.7 Å². The molecule has 4 heteroatoms. The minimum Gasteiger partial charge on any atom is -0.399 e. The molecule has 0 aliphatic heterocycles. The molecule has 1 fully saturated rings. The lowest BCUT2D eigenvalue weighted by Crippen LogP contribution is -2.23. The van der Waals surface area contributed by atoms with E-state index < -0.39 is 0 Å². The predicted octanol–water partition coefficient (Wildman–Crippen LogP) is 3.50. The molecule has 1 aromatic carbocycles. The molecule has 0 atom stereocenters. The Morgan fingerprint density at radius 2 is 2.05 bits per heavy atom. The van der Waals surface area contributed by atoms with Gasteiger partial charge in [0.1, 0.15) is 0 Å². The Kier molecular flexibility index (Phi) is 5.62. The summed E-state index contributed by atoms with van der Waals surface area (Å²) in [6, 6.07) is 5.49. The van der Waals surface area contributed by atoms with Crippen molar-refractivity contribution in [1.29, 1.82) is 0 Å². The van der Waals surface area contributed by atoms with Gasteiger partial charge in [-0.3, -0.25) is 4.79 Å². The van der Waals surface area contributed by atoms with Crippen LogP contribution in [0.4, 0.5) is 11.4 Å². The molecular formula is C17H26N2O2. The third-order valence-corrected chi connectivity index (χ3v) is 4.17. The largest absolute Gasteiger partial charge is 0.399 e. The molecule has 1 aliphatic rings. The summed E-state index contributed by atoms with van der Waals surface area (Å²) in [5.74, 6) is 0.814. The van der Waals surface area contributed by atoms with Crippen molar-refractivity contribution in [3.63, 3.8) is 0 Å². The molecule has 21 heavy (non-hydrogen) atoms. The molecule has 0 saturated heterocycles. The molecule has 3 N–H and O–H groups in total. The molecule has 1 aliphatic carbocycles. The number of nitrogens with one attached hydrogen (secondary N) is 1. The van der Waals surface area contributed by atoms with E-state index in [0.717, 1.165) is 30.0 Å². The highest BCUT2D eigenvalue weighted by Gasteiger charge is 2.18. The molecule has 0 spiro atoms. The van der Waals surface area contributed by atoms with Crippen LogP contribution in [0.15, 0.2) is 18.2 Å². The van der Waals surface area contributed by atoms with Gasteiger partial charge in [-0.2, -0.15) is 0 Å². The number of benzene rings is 1. The number of nitrogen functional groups attached to an aromatic ring is 1. The van der Waals surface area contributed by atoms with Crippen molar-refractivity contribution < 1.29 is 9.53 Å². The zero-order chi connectivity index (χ0) is 15.2. The maximum atomic E-state index is 11.9. The summed E-state index contributed by atoms with van der Waals surface area (Å²) in [6.45, 7) is 4.73. The number of anilines is 2. The quantitative estimate of drug-likeness (QED) is 0.816. The number of hydrogen-bond donors (Lipinski definition) is 2. The third kappa shape index (κ3) is 5.05. The van der Waals surface area contributed by atoms with E-state index in [4.69, 9.17) is 10.5 Å². The number of ether oxygens (including phenoxy) is 1. The van der Waals surface area contributed by atoms with Gasteiger partial charge in [0.15, 0.2) is 0 Å². The van der Waals surface area contributed by atoms with Crippen LogP contribution in [0.1, 0.15) is 44.6 Å². The van der Waals surface area contributed by atoms with Gasteiger partial charge in [-0.15, -0.1) is 0 Å². The Hall–Kier alpha value is -1.55. The van der Waals surface area contributed by atoms with Crippen molar-refractivity contribution in [3.8, 4) is 0 Å². The molecule has 4 nitrogen and oxygen atoms in total. The number of hydrogen-bond acceptors (Lipinski definition) is 3. The summed E-state index contributed by atoms with van der Waals surface area (Å²) in [7, 11) is 0. The van der Waals surface area contributed by atoms with Crippen molar-refractivity contribution in [1.82, 2.24) is 0 Å². The van der Waals surface area contributed by atoms with E-state index in [1.165, 1.54) is 12.8 Å². The second-order valence-corrected chi connectivity index (χ2v) is 6.13. The lowest BCUT2D eigenvalue weighted by Gasteiger charge is -2.26. The molecule has 1 aromatic rings. The van der Waals surface area contributed by atoms with E-state index in [2.05, 4.69) is 12.2 Å². The number of nitrogens with two attached hydrogens (primary N) is 1. The van der Waals surface area contributed by atoms with Gasteiger partial charge in [0.25, 0.3) is 0 Å². The Balaban J connectivity index is 1.70. The number of rotatable bonds is 5. The highest BCUT2D eigenvalue weighted by Crippen LogP contribution is 2.25. The fraction of sp³-hybridized carbons (Fsp3) is 0.588. The van der Waals surface area contributed by atoms with Gasteiger partial charge in [0.05, 0.1) is 19.1 Å². The highest BCUT2D eigenvalue weighted by molar-refractivity contribution is 5.91. The maximum absolute atomic E-state index is 11.9. The van der Waals surface area contributed by atoms with Gasteiger partial charge in [-0.25, -0.2) is 0 Å². The monoisotopic (exact) mass is 290 g/mol. The van der Waals surface area contributed by atoms with Crippen LogP contribution < -0.4 is 11.1 Å². The van der Waals surface area contributed by atoms with E-state index in [1.807, 2.05) is 19.1 Å². The normalized spacial score (nSPS) is 22.0. The van der Waals surface area contributed by atoms with Crippen LogP contribution in [-0.4, -0.2) is 18.6 Å². The maximum Gasteiger partial charge on any atom is 0.226 e. The topological polar surface area (TPSA) is 64.3 Å². The van der Waals surface area contributed by atoms with Crippen LogP contribution in [0.5, 0.6) is 0 Å². The molecule has 1 amide bonds. The van der Waals surface area contributed by atoms with Gasteiger partial charge in [-0.1, -0.05) is 6.92 Å². The zero-order valence-electron chi connectivity index (χ0n) is 13.0. The average molecular weight is 290 g/mol. The molecule has 0 bridgehead atoms. The summed E-state index contributed by atoms with van der Waals surface area (Å²) >= 11 is 0. The van der Waals surface area contributed by atoms with Crippen molar-refractivity contribution in [3.05, 3.63) is 23.8 Å². The van der Waals surface area contributed by atoms with Gasteiger partial charge in [0, 0.05) is 11.4 Å². The van der Waals surface area contributed by atoms with E-state index in [9.17, 15) is 4.79 Å². The molecule has 0 heterocycles. The Bertz CT molecular complexity index is 480. The fourth-order valence-corrected chi connectivity index (χ4v) is 2.75. The van der Waals surface area contributed by atoms with Crippen LogP contribution in [0.25, 0.3) is 0 Å². The average Bonchev–Trinajstić information content (AvgIpc) is 2.44. The Morgan fingerprint density at radius 1 is 1.33 bits per heavy atom. The van der Waals surface area contributed by atoms with Crippen LogP contribution >= 0.6 is 0 Å². The van der Waals surface area contributed by atoms with E-state index in [1.54, 1.807) is 6.07 Å². The first-order chi connectivity index (χ1) is 10.0. The summed E-state index contributed by atoms with van der Waals surface area (Å²) in [5, 5.41) is 2.91. The standard InChI is InChI=1S/C17H26N2O2/c1-12-3-6-15(7-4-12)21-10-9-17(20)19-16-8-5-14(18)11-13(16)2/h5,8,11-12,15H,3-4,6-7,9-10,18H2,1-2H3,(H,19,20). The van der Waals surface area contributed by atoms with E-state index in [-0.39, 0.29) is 5.91 Å². The second kappa shape index (κ2) is 7.46. The minimum absolute atomic E-state index is 0.00736. The highest BCUT2D eigenvalue weighted by atomic mass is 16.5. The number of carbonyl (C=O) groups excluding carboxylic acids is 1. The minimum atomic E-state index is -0.00736. The number of amides is 1. The molecule has 0 aromatic heterocycles. The van der Waals surface area contributed by atoms with E-state index >= 15 is 0 Å². The molecule has 0 radical (unpaired) electrons. The van der Waals surface area contributed by atoms with Crippen molar-refractivity contribution >= 4 is 17.3 Å². The van der Waals surface area contributed by atoms with Crippen LogP contribution in [-0.2, 0) is 9.53 Å². The Morgan fingerprint density at radius 3 is 2.71 bits per heavy atom. The number of carbonyl (C=O) groups is 1. The predicted molar refractivity (Wildman–Crippen MR) is 86.2 cm³/mol. The molecular weight excluding hydrogens is 264 g/mol. The van der Waals surface area contributed by atoms with Crippen molar-refractivity contribution in [2.45, 2.75) is 52.1 Å². The molecule has 2 rings (SSSR count). The smallest absolute Gasteiger partial charge is 0.226 e. The number of aryl methyl sites for hydroxylation is 1. The van der Waals surface area contributed by atoms with Gasteiger partial charge < -0.3 is 15.8 Å². The summed E-state index contributed by atoms with van der Waals surface area (Å²) < 4.78 is 5.81. The van der Waals surface area contributed by atoms with Gasteiger partial charge >= 0.3 is 0 Å². The van der Waals surface area contributed by atoms with Crippen LogP contribution in [0.3, 0.4) is 0 Å². The lowest BCUT2D eigenvalue weighted by atomic mass is 9.89. The molecule has 1 saturated carbocycles. The Labute approximate surface area is 127 Å². The van der Waals surface area contributed by atoms with Gasteiger partial charge in [0.2, 0.25) is 5.91 Å². The third-order valence-electron chi connectivity index (χ3n) is 4.17. The first kappa shape index (κ1) is 15.8. The second-order valence-electron chi connectivity index (χ2n) is 6.13. The molecule has 116 valence electrons. The molecule has 0 unspecified atom stereocenters. The van der Waals surface area contributed by atoms with Crippen molar-refractivity contribution in [2.24, 2.45) is 5.92 Å². The lowest BCUT2D eigenvalue weighted by molar-refractivity contribution is -0.117. The van der Waals surface area contributed by atoms with Crippen LogP contribution in [0, 0.1) is 12.8 Å². The first-order valence-electron chi connectivity index (χ1n) is 7.82. The van der Waals surface area contributed by atoms with Crippen LogP contribution in [0.2, 0.25) is 0 Å².